The van der Waals surface area contributed by atoms with Crippen LogP contribution in [-0.2, 0) is 15.7 Å². The molecule has 0 aliphatic rings. The Kier molecular flexibility index (Phi) is 8.99. The largest absolute Gasteiger partial charge is 0.433 e. The van der Waals surface area contributed by atoms with E-state index in [1.165, 1.54) is 16.9 Å². The summed E-state index contributed by atoms with van der Waals surface area (Å²) < 4.78 is 50.5. The lowest BCUT2D eigenvalue weighted by atomic mass is 10.0. The molecule has 216 valence electrons. The van der Waals surface area contributed by atoms with Gasteiger partial charge in [0, 0.05) is 44.8 Å². The summed E-state index contributed by atoms with van der Waals surface area (Å²) in [5, 5.41) is 9.02. The third-order valence-electron chi connectivity index (χ3n) is 5.96. The van der Waals surface area contributed by atoms with Crippen molar-refractivity contribution < 1.29 is 32.2 Å². The maximum atomic E-state index is 13.7. The number of alkyl halides is 3. The van der Waals surface area contributed by atoms with Gasteiger partial charge in [-0.1, -0.05) is 18.2 Å². The average molecular weight is 573 g/mol. The summed E-state index contributed by atoms with van der Waals surface area (Å²) in [5.74, 6) is -0.405. The fourth-order valence-electron chi connectivity index (χ4n) is 4.04. The van der Waals surface area contributed by atoms with Crippen LogP contribution < -0.4 is 16.4 Å². The number of halogens is 3. The summed E-state index contributed by atoms with van der Waals surface area (Å²) in [6, 6.07) is 8.85. The molecular weight excluding hydrogens is 545 g/mol. The molecule has 4 aromatic rings. The number of nitrogen functional groups attached to an aromatic ring is 1. The van der Waals surface area contributed by atoms with Gasteiger partial charge >= 0.3 is 12.2 Å². The van der Waals surface area contributed by atoms with E-state index in [4.69, 9.17) is 15.2 Å². The second-order valence-electron chi connectivity index (χ2n) is 8.70. The smallest absolute Gasteiger partial charge is 0.383 e. The first-order chi connectivity index (χ1) is 19.6. The molecule has 0 atom stereocenters. The molecule has 0 aliphatic carbocycles. The van der Waals surface area contributed by atoms with Gasteiger partial charge in [-0.25, -0.2) is 19.3 Å². The van der Waals surface area contributed by atoms with Crippen LogP contribution in [0.15, 0.2) is 55.0 Å². The van der Waals surface area contributed by atoms with Gasteiger partial charge < -0.3 is 25.4 Å². The Balaban J connectivity index is 1.61. The minimum atomic E-state index is -4.65. The number of rotatable bonds is 10. The number of methoxy groups -OCH3 is 2. The zero-order valence-corrected chi connectivity index (χ0v) is 22.1. The van der Waals surface area contributed by atoms with Gasteiger partial charge in [-0.3, -0.25) is 10.1 Å². The van der Waals surface area contributed by atoms with E-state index in [0.717, 1.165) is 12.1 Å². The summed E-state index contributed by atoms with van der Waals surface area (Å²) in [6.07, 6.45) is -1.80. The second kappa shape index (κ2) is 12.6. The summed E-state index contributed by atoms with van der Waals surface area (Å²) in [5.41, 5.74) is 7.18. The number of amides is 3. The van der Waals surface area contributed by atoms with Crippen molar-refractivity contribution in [3.8, 4) is 11.1 Å². The topological polar surface area (TPSA) is 149 Å². The predicted octanol–water partition coefficient (Wildman–Crippen LogP) is 3.77. The number of fused-ring (bicyclic) bond motifs is 1. The van der Waals surface area contributed by atoms with Crippen molar-refractivity contribution in [1.82, 2.24) is 24.5 Å². The van der Waals surface area contributed by atoms with Crippen LogP contribution in [0.4, 0.5) is 35.3 Å². The van der Waals surface area contributed by atoms with Crippen LogP contribution in [0.1, 0.15) is 16.1 Å². The first-order valence-electron chi connectivity index (χ1n) is 12.2. The van der Waals surface area contributed by atoms with Crippen molar-refractivity contribution >= 4 is 34.8 Å². The van der Waals surface area contributed by atoms with E-state index >= 15 is 0 Å². The lowest BCUT2D eigenvalue weighted by Crippen LogP contribution is -2.36. The van der Waals surface area contributed by atoms with E-state index in [1.807, 2.05) is 0 Å². The molecule has 0 aliphatic heterocycles. The number of anilines is 3. The number of pyridine rings is 1. The van der Waals surface area contributed by atoms with Crippen molar-refractivity contribution in [3.05, 3.63) is 66.2 Å². The molecular formula is C26H27F3N8O4. The van der Waals surface area contributed by atoms with Crippen molar-refractivity contribution in [2.45, 2.75) is 6.18 Å². The van der Waals surface area contributed by atoms with E-state index < -0.39 is 17.9 Å². The van der Waals surface area contributed by atoms with Gasteiger partial charge in [0.2, 0.25) is 0 Å². The fraction of sp³-hybridized carbons (Fsp3) is 0.269. The molecule has 12 nitrogen and oxygen atoms in total. The maximum absolute atomic E-state index is 13.7. The highest BCUT2D eigenvalue weighted by Gasteiger charge is 2.32. The number of nitrogens with one attached hydrogen (secondary N) is 2. The molecule has 3 amide bonds. The van der Waals surface area contributed by atoms with Gasteiger partial charge in [-0.05, 0) is 29.8 Å². The first kappa shape index (κ1) is 29.2. The quantitative estimate of drug-likeness (QED) is 0.260. The number of hydrogen-bond acceptors (Lipinski definition) is 8. The van der Waals surface area contributed by atoms with E-state index in [-0.39, 0.29) is 17.5 Å². The average Bonchev–Trinajstić information content (AvgIpc) is 3.34. The predicted molar refractivity (Wildman–Crippen MR) is 144 cm³/mol. The molecule has 0 unspecified atom stereocenters. The van der Waals surface area contributed by atoms with Crippen molar-refractivity contribution in [3.63, 3.8) is 0 Å². The molecule has 4 N–H and O–H groups in total. The lowest BCUT2D eigenvalue weighted by molar-refractivity contribution is -0.141. The van der Waals surface area contributed by atoms with Crippen LogP contribution in [0, 0.1) is 0 Å². The van der Waals surface area contributed by atoms with Crippen LogP contribution in [0.2, 0.25) is 0 Å². The monoisotopic (exact) mass is 572 g/mol. The molecule has 0 spiro atoms. The van der Waals surface area contributed by atoms with Gasteiger partial charge in [0.1, 0.15) is 23.4 Å². The van der Waals surface area contributed by atoms with Gasteiger partial charge in [0.25, 0.3) is 5.91 Å². The van der Waals surface area contributed by atoms with Gasteiger partial charge in [-0.15, -0.1) is 0 Å². The third kappa shape index (κ3) is 6.88. The summed E-state index contributed by atoms with van der Waals surface area (Å²) in [4.78, 5) is 35.2. The molecule has 4 rings (SSSR count). The van der Waals surface area contributed by atoms with Crippen LogP contribution >= 0.6 is 0 Å². The van der Waals surface area contributed by atoms with E-state index in [2.05, 4.69) is 25.7 Å². The summed E-state index contributed by atoms with van der Waals surface area (Å²) >= 11 is 0. The number of carbonyl (C=O) groups excluding carboxylic acids is 2. The molecule has 3 heterocycles. The van der Waals surface area contributed by atoms with Crippen LogP contribution in [-0.4, -0.2) is 76.9 Å². The SMILES string of the molecule is COCCN(CCOC)C(=O)c1cn2ncnc(N)c2c1-c1ccc(NC(=O)Nc2cccc(C(F)(F)F)n2)cc1. The molecule has 0 radical (unpaired) electrons. The number of hydrogen-bond donors (Lipinski definition) is 3. The summed E-state index contributed by atoms with van der Waals surface area (Å²) in [6.45, 7) is 1.28. The van der Waals surface area contributed by atoms with E-state index in [9.17, 15) is 22.8 Å². The Morgan fingerprint density at radius 2 is 1.71 bits per heavy atom. The Bertz CT molecular complexity index is 1520. The van der Waals surface area contributed by atoms with Crippen LogP contribution in [0.5, 0.6) is 0 Å². The zero-order valence-electron chi connectivity index (χ0n) is 22.1. The Hall–Kier alpha value is -4.76. The highest BCUT2D eigenvalue weighted by molar-refractivity contribution is 6.07. The van der Waals surface area contributed by atoms with Crippen LogP contribution in [0.3, 0.4) is 0 Å². The number of aromatic nitrogens is 4. The molecule has 0 fully saturated rings. The molecule has 41 heavy (non-hydrogen) atoms. The number of nitrogens with two attached hydrogens (primary N) is 1. The lowest BCUT2D eigenvalue weighted by Gasteiger charge is -2.22. The van der Waals surface area contributed by atoms with Crippen molar-refractivity contribution in [2.75, 3.05) is 56.9 Å². The Morgan fingerprint density at radius 1 is 1.02 bits per heavy atom. The number of ether oxygens (including phenoxy) is 2. The minimum absolute atomic E-state index is 0.157. The number of carbonyl (C=O) groups is 2. The Morgan fingerprint density at radius 3 is 2.34 bits per heavy atom. The van der Waals surface area contributed by atoms with Gasteiger partial charge in [-0.2, -0.15) is 18.3 Å². The Labute approximate surface area is 232 Å². The molecule has 0 saturated carbocycles. The summed E-state index contributed by atoms with van der Waals surface area (Å²) in [7, 11) is 3.08. The van der Waals surface area contributed by atoms with Crippen molar-refractivity contribution in [1.29, 1.82) is 0 Å². The van der Waals surface area contributed by atoms with E-state index in [1.54, 1.807) is 49.6 Å². The number of urea groups is 1. The fourth-order valence-corrected chi connectivity index (χ4v) is 4.04. The second-order valence-corrected chi connectivity index (χ2v) is 8.70. The van der Waals surface area contributed by atoms with Crippen molar-refractivity contribution in [2.24, 2.45) is 0 Å². The normalized spacial score (nSPS) is 11.4. The maximum Gasteiger partial charge on any atom is 0.433 e. The van der Waals surface area contributed by atoms with Gasteiger partial charge in [0.15, 0.2) is 5.82 Å². The first-order valence-corrected chi connectivity index (χ1v) is 12.2. The molecule has 3 aromatic heterocycles. The zero-order chi connectivity index (χ0) is 29.6. The standard InChI is InChI=1S/C26H27F3N8O4/c1-40-12-10-36(11-13-41-2)24(38)18-14-37-22(23(30)31-15-32-37)21(18)16-6-8-17(9-7-16)33-25(39)35-20-5-3-4-19(34-20)26(27,28)29/h3-9,14-15H,10-13H2,1-2H3,(H2,30,31,32)(H2,33,34,35,39). The minimum Gasteiger partial charge on any atom is -0.383 e. The highest BCUT2D eigenvalue weighted by atomic mass is 19.4. The molecule has 0 bridgehead atoms. The third-order valence-corrected chi connectivity index (χ3v) is 5.96. The molecule has 1 aromatic carbocycles. The highest BCUT2D eigenvalue weighted by Crippen LogP contribution is 2.34. The van der Waals surface area contributed by atoms with Gasteiger partial charge in [0.05, 0.1) is 18.8 Å². The molecule has 0 saturated heterocycles. The number of benzene rings is 1. The molecule has 15 heteroatoms. The van der Waals surface area contributed by atoms with E-state index in [0.29, 0.717) is 54.2 Å². The van der Waals surface area contributed by atoms with Crippen LogP contribution in [0.25, 0.3) is 16.6 Å². The number of nitrogens with zero attached hydrogens (tertiary/aromatic N) is 5.